The van der Waals surface area contributed by atoms with Crippen molar-refractivity contribution < 1.29 is 41.6 Å². The van der Waals surface area contributed by atoms with Crippen LogP contribution in [0.2, 0.25) is 0 Å². The molecule has 0 radical (unpaired) electrons. The summed E-state index contributed by atoms with van der Waals surface area (Å²) in [5, 5.41) is 8.41. The first-order valence-corrected chi connectivity index (χ1v) is 3.03. The van der Waals surface area contributed by atoms with Gasteiger partial charge in [-0.2, -0.15) is 0 Å². The zero-order valence-electron chi connectivity index (χ0n) is 5.76. The zero-order valence-corrected chi connectivity index (χ0v) is 8.22. The summed E-state index contributed by atoms with van der Waals surface area (Å²) in [6.45, 7) is 0. The van der Waals surface area contributed by atoms with Gasteiger partial charge in [0.2, 0.25) is 0 Å². The zero-order chi connectivity index (χ0) is 5.98. The second-order valence-corrected chi connectivity index (χ2v) is 2.32. The van der Waals surface area contributed by atoms with Crippen LogP contribution in [-0.4, -0.2) is 16.6 Å². The van der Waals surface area contributed by atoms with Gasteiger partial charge in [0.1, 0.15) is 0 Å². The van der Waals surface area contributed by atoms with Crippen molar-refractivity contribution in [1.82, 2.24) is 0 Å². The van der Waals surface area contributed by atoms with E-state index in [1.165, 1.54) is 0 Å². The van der Waals surface area contributed by atoms with Gasteiger partial charge in [0.25, 0.3) is 0 Å². The Morgan fingerprint density at radius 1 is 1.30 bits per heavy atom. The summed E-state index contributed by atoms with van der Waals surface area (Å²) in [5.74, 6) is -0.627. The molecule has 0 aromatic rings. The van der Waals surface area contributed by atoms with Crippen molar-refractivity contribution in [2.45, 2.75) is 25.7 Å². The number of aliphatic carboxylic acids is 1. The van der Waals surface area contributed by atoms with Gasteiger partial charge < -0.3 is 10.6 Å². The maximum Gasteiger partial charge on any atom is 0.306 e. The number of carboxylic acids is 1. The van der Waals surface area contributed by atoms with E-state index in [2.05, 4.69) is 0 Å². The first-order chi connectivity index (χ1) is 3.80. The van der Waals surface area contributed by atoms with Crippen LogP contribution in [0.15, 0.2) is 0 Å². The molecular weight excluding hydrogens is 211 g/mol. The van der Waals surface area contributed by atoms with Crippen LogP contribution in [0, 0.1) is 5.92 Å². The molecule has 1 saturated carbocycles. The molecule has 3 N–H and O–H groups in total. The van der Waals surface area contributed by atoms with Gasteiger partial charge in [-0.05, 0) is 12.8 Å². The smallest absolute Gasteiger partial charge is 0.306 e. The van der Waals surface area contributed by atoms with Crippen LogP contribution in [0.25, 0.3) is 0 Å². The first kappa shape index (κ1) is 12.9. The van der Waals surface area contributed by atoms with Crippen molar-refractivity contribution in [3.8, 4) is 0 Å². The minimum absolute atomic E-state index is 0. The van der Waals surface area contributed by atoms with E-state index >= 15 is 0 Å². The molecule has 0 aliphatic heterocycles. The number of rotatable bonds is 1. The standard InChI is InChI=1S/C6H10O2.H2O.Zr/c7-6(8)5-3-1-2-4-5;;/h5H,1-4H2,(H,7,8);1H2;. The van der Waals surface area contributed by atoms with Gasteiger partial charge in [0.05, 0.1) is 5.92 Å². The van der Waals surface area contributed by atoms with Gasteiger partial charge in [-0.15, -0.1) is 0 Å². The molecule has 0 aromatic carbocycles. The molecule has 0 spiro atoms. The topological polar surface area (TPSA) is 68.8 Å². The van der Waals surface area contributed by atoms with Crippen LogP contribution in [0.1, 0.15) is 25.7 Å². The molecule has 1 aliphatic rings. The van der Waals surface area contributed by atoms with Crippen LogP contribution < -0.4 is 0 Å². The number of hydrogen-bond acceptors (Lipinski definition) is 1. The molecule has 0 unspecified atom stereocenters. The van der Waals surface area contributed by atoms with Gasteiger partial charge in [-0.3, -0.25) is 4.79 Å². The molecule has 0 bridgehead atoms. The minimum Gasteiger partial charge on any atom is -0.481 e. The van der Waals surface area contributed by atoms with E-state index in [-0.39, 0.29) is 37.6 Å². The molecule has 1 fully saturated rings. The van der Waals surface area contributed by atoms with Gasteiger partial charge in [-0.1, -0.05) is 12.8 Å². The molecule has 0 atom stereocenters. The third kappa shape index (κ3) is 3.47. The van der Waals surface area contributed by atoms with Crippen molar-refractivity contribution >= 4 is 5.97 Å². The summed E-state index contributed by atoms with van der Waals surface area (Å²) in [4.78, 5) is 10.2. The molecule has 58 valence electrons. The number of hydrogen-bond donors (Lipinski definition) is 1. The van der Waals surface area contributed by atoms with Crippen LogP contribution in [0.4, 0.5) is 0 Å². The summed E-state index contributed by atoms with van der Waals surface area (Å²) in [6.07, 6.45) is 4.01. The van der Waals surface area contributed by atoms with E-state index < -0.39 is 5.97 Å². The van der Waals surface area contributed by atoms with Crippen molar-refractivity contribution in [3.05, 3.63) is 0 Å². The molecule has 0 saturated heterocycles. The first-order valence-electron chi connectivity index (χ1n) is 3.03. The predicted molar refractivity (Wildman–Crippen MR) is 33.2 cm³/mol. The fraction of sp³-hybridized carbons (Fsp3) is 0.833. The molecule has 10 heavy (non-hydrogen) atoms. The van der Waals surface area contributed by atoms with E-state index in [4.69, 9.17) is 5.11 Å². The molecular formula is C6H12O3Zr. The Hall–Kier alpha value is 0.313. The van der Waals surface area contributed by atoms with Gasteiger partial charge in [-0.25, -0.2) is 0 Å². The van der Waals surface area contributed by atoms with E-state index in [1.54, 1.807) is 0 Å². The summed E-state index contributed by atoms with van der Waals surface area (Å²) in [5.41, 5.74) is 0. The maximum atomic E-state index is 10.2. The van der Waals surface area contributed by atoms with Crippen molar-refractivity contribution in [2.24, 2.45) is 5.92 Å². The minimum atomic E-state index is -0.609. The molecule has 0 amide bonds. The van der Waals surface area contributed by atoms with Crippen LogP contribution in [0.3, 0.4) is 0 Å². The third-order valence-electron chi connectivity index (χ3n) is 1.70. The third-order valence-corrected chi connectivity index (χ3v) is 1.70. The van der Waals surface area contributed by atoms with E-state index in [1.807, 2.05) is 0 Å². The molecule has 0 heterocycles. The van der Waals surface area contributed by atoms with Crippen LogP contribution in [-0.2, 0) is 31.0 Å². The molecule has 1 rings (SSSR count). The monoisotopic (exact) mass is 222 g/mol. The summed E-state index contributed by atoms with van der Waals surface area (Å²) >= 11 is 0. The quantitative estimate of drug-likeness (QED) is 0.700. The summed E-state index contributed by atoms with van der Waals surface area (Å²) in [7, 11) is 0. The Balaban J connectivity index is 0. The van der Waals surface area contributed by atoms with Crippen molar-refractivity contribution in [3.63, 3.8) is 0 Å². The van der Waals surface area contributed by atoms with Gasteiger partial charge >= 0.3 is 5.97 Å². The summed E-state index contributed by atoms with van der Waals surface area (Å²) in [6, 6.07) is 0. The SMILES string of the molecule is O.O=C(O)C1CCCC1.[Zr]. The van der Waals surface area contributed by atoms with Gasteiger partial charge in [0, 0.05) is 26.2 Å². The Labute approximate surface area is 79.2 Å². The average Bonchev–Trinajstić information content (AvgIpc) is 2.12. The molecule has 0 aromatic heterocycles. The second kappa shape index (κ2) is 6.05. The Morgan fingerprint density at radius 2 is 1.70 bits per heavy atom. The van der Waals surface area contributed by atoms with E-state index in [0.717, 1.165) is 25.7 Å². The average molecular weight is 223 g/mol. The fourth-order valence-corrected chi connectivity index (χ4v) is 1.17. The van der Waals surface area contributed by atoms with Crippen LogP contribution in [0.5, 0.6) is 0 Å². The van der Waals surface area contributed by atoms with E-state index in [9.17, 15) is 4.79 Å². The van der Waals surface area contributed by atoms with E-state index in [0.29, 0.717) is 0 Å². The van der Waals surface area contributed by atoms with Crippen molar-refractivity contribution in [2.75, 3.05) is 0 Å². The summed E-state index contributed by atoms with van der Waals surface area (Å²) < 4.78 is 0. The largest absolute Gasteiger partial charge is 0.481 e. The Morgan fingerprint density at radius 3 is 1.90 bits per heavy atom. The Kier molecular flexibility index (Phi) is 7.83. The molecule has 4 heteroatoms. The number of carbonyl (C=O) groups is 1. The molecule has 3 nitrogen and oxygen atoms in total. The number of carboxylic acid groups (broad SMARTS) is 1. The molecule has 1 aliphatic carbocycles. The maximum absolute atomic E-state index is 10.2. The van der Waals surface area contributed by atoms with Gasteiger partial charge in [0.15, 0.2) is 0 Å². The van der Waals surface area contributed by atoms with Crippen molar-refractivity contribution in [1.29, 1.82) is 0 Å². The van der Waals surface area contributed by atoms with Crippen LogP contribution >= 0.6 is 0 Å². The normalized spacial score (nSPS) is 17.2. The predicted octanol–water partition coefficient (Wildman–Crippen LogP) is 0.434. The second-order valence-electron chi connectivity index (χ2n) is 2.32. The Bertz CT molecular complexity index is 99.2. The fourth-order valence-electron chi connectivity index (χ4n) is 1.17.